The van der Waals surface area contributed by atoms with Crippen LogP contribution in [-0.4, -0.2) is 24.5 Å². The molecule has 0 aliphatic carbocycles. The summed E-state index contributed by atoms with van der Waals surface area (Å²) in [6.45, 7) is 0.755. The van der Waals surface area contributed by atoms with Crippen molar-refractivity contribution in [2.45, 2.75) is 19.3 Å². The Morgan fingerprint density at radius 2 is 2.17 bits per heavy atom. The van der Waals surface area contributed by atoms with Gasteiger partial charge in [-0.05, 0) is 81.6 Å². The van der Waals surface area contributed by atoms with Gasteiger partial charge in [0.25, 0.3) is 5.91 Å². The number of halogens is 2. The molecule has 0 fully saturated rings. The maximum absolute atomic E-state index is 12.0. The molecule has 1 aromatic rings. The second kappa shape index (κ2) is 9.20. The van der Waals surface area contributed by atoms with Crippen molar-refractivity contribution in [1.29, 1.82) is 0 Å². The number of hydrogen-bond acceptors (Lipinski definition) is 2. The number of amides is 1. The molecular weight excluding hydrogens is 425 g/mol. The second-order valence-electron chi connectivity index (χ2n) is 3.93. The molecule has 1 N–H and O–H groups in total. The van der Waals surface area contributed by atoms with Gasteiger partial charge in [-0.25, -0.2) is 0 Å². The predicted molar refractivity (Wildman–Crippen MR) is 91.4 cm³/mol. The maximum atomic E-state index is 12.0. The van der Waals surface area contributed by atoms with E-state index in [1.807, 2.05) is 30.0 Å². The molecule has 0 saturated heterocycles. The first-order valence-electron chi connectivity index (χ1n) is 5.87. The molecule has 0 heterocycles. The Hall–Kier alpha value is 0.250. The van der Waals surface area contributed by atoms with Crippen LogP contribution in [0.3, 0.4) is 0 Å². The lowest BCUT2D eigenvalue weighted by Gasteiger charge is -2.07. The first kappa shape index (κ1) is 16.3. The smallest absolute Gasteiger partial charge is 0.252 e. The van der Waals surface area contributed by atoms with E-state index in [0.29, 0.717) is 5.56 Å². The highest BCUT2D eigenvalue weighted by molar-refractivity contribution is 14.1. The molecule has 5 heteroatoms. The molecule has 0 aromatic heterocycles. The Bertz CT molecular complexity index is 401. The summed E-state index contributed by atoms with van der Waals surface area (Å²) in [5.41, 5.74) is 0.714. The van der Waals surface area contributed by atoms with Crippen molar-refractivity contribution >= 4 is 56.2 Å². The number of nitrogens with one attached hydrogen (secondary N) is 1. The van der Waals surface area contributed by atoms with Crippen molar-refractivity contribution in [3.05, 3.63) is 31.8 Å². The number of carbonyl (C=O) groups is 1. The zero-order valence-corrected chi connectivity index (χ0v) is 14.9. The lowest BCUT2D eigenvalue weighted by Crippen LogP contribution is -2.24. The van der Waals surface area contributed by atoms with Crippen molar-refractivity contribution in [3.8, 4) is 0 Å². The Morgan fingerprint density at radius 1 is 1.39 bits per heavy atom. The average Bonchev–Trinajstić information content (AvgIpc) is 2.36. The summed E-state index contributed by atoms with van der Waals surface area (Å²) in [6.07, 6.45) is 5.57. The van der Waals surface area contributed by atoms with E-state index in [9.17, 15) is 4.79 Å². The second-order valence-corrected chi connectivity index (χ2v) is 7.02. The average molecular weight is 442 g/mol. The van der Waals surface area contributed by atoms with E-state index < -0.39 is 0 Å². The third kappa shape index (κ3) is 5.93. The number of hydrogen-bond donors (Lipinski definition) is 1. The summed E-state index contributed by atoms with van der Waals surface area (Å²) in [4.78, 5) is 12.0. The lowest BCUT2D eigenvalue weighted by molar-refractivity contribution is 0.0952. The summed E-state index contributed by atoms with van der Waals surface area (Å²) in [6, 6.07) is 5.78. The first-order chi connectivity index (χ1) is 8.65. The van der Waals surface area contributed by atoms with Crippen molar-refractivity contribution < 1.29 is 4.79 Å². The number of rotatable bonds is 7. The number of benzene rings is 1. The summed E-state index contributed by atoms with van der Waals surface area (Å²) in [5, 5.41) is 2.96. The highest BCUT2D eigenvalue weighted by Gasteiger charge is 2.09. The Balaban J connectivity index is 2.34. The largest absolute Gasteiger partial charge is 0.352 e. The number of carbonyl (C=O) groups excluding carboxylic acids is 1. The minimum atomic E-state index is 0.00487. The van der Waals surface area contributed by atoms with Crippen molar-refractivity contribution in [1.82, 2.24) is 5.32 Å². The number of thioether (sulfide) groups is 1. The molecule has 18 heavy (non-hydrogen) atoms. The van der Waals surface area contributed by atoms with Gasteiger partial charge < -0.3 is 5.32 Å². The highest BCUT2D eigenvalue weighted by atomic mass is 127. The van der Waals surface area contributed by atoms with Crippen LogP contribution in [0.4, 0.5) is 0 Å². The van der Waals surface area contributed by atoms with Crippen LogP contribution < -0.4 is 5.32 Å². The van der Waals surface area contributed by atoms with E-state index in [4.69, 9.17) is 0 Å². The fourth-order valence-electron chi connectivity index (χ4n) is 1.52. The van der Waals surface area contributed by atoms with Gasteiger partial charge in [-0.1, -0.05) is 6.42 Å². The molecule has 0 unspecified atom stereocenters. The van der Waals surface area contributed by atoms with E-state index in [1.54, 1.807) is 0 Å². The third-order valence-electron chi connectivity index (χ3n) is 2.48. The van der Waals surface area contributed by atoms with E-state index in [2.05, 4.69) is 50.1 Å². The van der Waals surface area contributed by atoms with Crippen LogP contribution in [0.25, 0.3) is 0 Å². The maximum Gasteiger partial charge on any atom is 0.252 e. The molecule has 0 aliphatic rings. The van der Waals surface area contributed by atoms with Crippen LogP contribution >= 0.6 is 50.3 Å². The molecular formula is C13H17BrINOS. The molecule has 0 radical (unpaired) electrons. The summed E-state index contributed by atoms with van der Waals surface area (Å²) in [7, 11) is 0. The van der Waals surface area contributed by atoms with Gasteiger partial charge in [0.15, 0.2) is 0 Å². The van der Waals surface area contributed by atoms with Gasteiger partial charge in [0.1, 0.15) is 0 Å². The molecule has 0 atom stereocenters. The molecule has 0 saturated carbocycles. The topological polar surface area (TPSA) is 29.1 Å². The lowest BCUT2D eigenvalue weighted by atomic mass is 10.2. The van der Waals surface area contributed by atoms with E-state index in [-0.39, 0.29) is 5.91 Å². The van der Waals surface area contributed by atoms with Crippen molar-refractivity contribution in [2.24, 2.45) is 0 Å². The molecule has 2 nitrogen and oxygen atoms in total. The zero-order chi connectivity index (χ0) is 13.4. The van der Waals surface area contributed by atoms with Gasteiger partial charge in [-0.2, -0.15) is 11.8 Å². The predicted octanol–water partition coefficient (Wildman–Crippen LogP) is 4.32. The molecule has 1 aromatic carbocycles. The van der Waals surface area contributed by atoms with Gasteiger partial charge in [0.05, 0.1) is 5.56 Å². The van der Waals surface area contributed by atoms with Gasteiger partial charge in [0.2, 0.25) is 0 Å². The van der Waals surface area contributed by atoms with Gasteiger partial charge in [-0.3, -0.25) is 4.79 Å². The van der Waals surface area contributed by atoms with Gasteiger partial charge in [-0.15, -0.1) is 0 Å². The molecule has 1 amide bonds. The molecule has 100 valence electrons. The van der Waals surface area contributed by atoms with Crippen LogP contribution in [0.2, 0.25) is 0 Å². The summed E-state index contributed by atoms with van der Waals surface area (Å²) < 4.78 is 1.92. The van der Waals surface area contributed by atoms with Gasteiger partial charge >= 0.3 is 0 Å². The highest BCUT2D eigenvalue weighted by Crippen LogP contribution is 2.19. The van der Waals surface area contributed by atoms with Crippen LogP contribution in [0, 0.1) is 3.57 Å². The SMILES string of the molecule is CSCCCCCNC(=O)c1cc(I)ccc1Br. The summed E-state index contributed by atoms with van der Waals surface area (Å²) >= 11 is 7.49. The van der Waals surface area contributed by atoms with Crippen LogP contribution in [0.1, 0.15) is 29.6 Å². The molecule has 0 spiro atoms. The quantitative estimate of drug-likeness (QED) is 0.504. The Labute approximate surface area is 135 Å². The summed E-state index contributed by atoms with van der Waals surface area (Å²) in [5.74, 6) is 1.21. The Kier molecular flexibility index (Phi) is 8.33. The standard InChI is InChI=1S/C13H17BrINOS/c1-18-8-4-2-3-7-16-13(17)11-9-10(15)5-6-12(11)14/h5-6,9H,2-4,7-8H2,1H3,(H,16,17). The van der Waals surface area contributed by atoms with E-state index >= 15 is 0 Å². The van der Waals surface area contributed by atoms with Crippen LogP contribution in [0.15, 0.2) is 22.7 Å². The normalized spacial score (nSPS) is 10.4. The van der Waals surface area contributed by atoms with E-state index in [0.717, 1.165) is 21.0 Å². The number of unbranched alkanes of at least 4 members (excludes halogenated alkanes) is 2. The molecule has 0 bridgehead atoms. The fourth-order valence-corrected chi connectivity index (χ4v) is 2.93. The fraction of sp³-hybridized carbons (Fsp3) is 0.462. The Morgan fingerprint density at radius 3 is 2.89 bits per heavy atom. The van der Waals surface area contributed by atoms with Crippen molar-refractivity contribution in [3.63, 3.8) is 0 Å². The van der Waals surface area contributed by atoms with Crippen LogP contribution in [0.5, 0.6) is 0 Å². The van der Waals surface area contributed by atoms with Gasteiger partial charge in [0, 0.05) is 14.6 Å². The minimum absolute atomic E-state index is 0.00487. The third-order valence-corrected chi connectivity index (χ3v) is 4.54. The van der Waals surface area contributed by atoms with Crippen molar-refractivity contribution in [2.75, 3.05) is 18.6 Å². The first-order valence-corrected chi connectivity index (χ1v) is 9.14. The molecule has 1 rings (SSSR count). The van der Waals surface area contributed by atoms with E-state index in [1.165, 1.54) is 18.6 Å². The molecule has 0 aliphatic heterocycles. The monoisotopic (exact) mass is 441 g/mol. The van der Waals surface area contributed by atoms with Crippen LogP contribution in [-0.2, 0) is 0 Å². The zero-order valence-electron chi connectivity index (χ0n) is 10.3. The minimum Gasteiger partial charge on any atom is -0.352 e.